The molecule has 1 atom stereocenters. The van der Waals surface area contributed by atoms with Gasteiger partial charge in [0.25, 0.3) is 0 Å². The molecule has 2 N–H and O–H groups in total. The minimum absolute atomic E-state index is 0.290. The predicted octanol–water partition coefficient (Wildman–Crippen LogP) is 2.07. The Hall–Kier alpha value is -2.12. The van der Waals surface area contributed by atoms with Crippen molar-refractivity contribution < 1.29 is 29.0 Å². The number of rotatable bonds is 6. The smallest absolute Gasteiger partial charge is 0.431 e. The quantitative estimate of drug-likeness (QED) is 0.781. The van der Waals surface area contributed by atoms with Gasteiger partial charge in [0, 0.05) is 12.7 Å². The summed E-state index contributed by atoms with van der Waals surface area (Å²) in [5.74, 6) is -1.29. The van der Waals surface area contributed by atoms with E-state index in [0.29, 0.717) is 5.56 Å². The highest BCUT2D eigenvalue weighted by atomic mass is 16.7. The molecule has 0 saturated carbocycles. The summed E-state index contributed by atoms with van der Waals surface area (Å²) < 4.78 is 9.98. The Morgan fingerprint density at radius 2 is 1.77 bits per heavy atom. The topological polar surface area (TPSA) is 94.1 Å². The van der Waals surface area contributed by atoms with Crippen LogP contribution in [0.15, 0.2) is 30.3 Å². The van der Waals surface area contributed by atoms with Crippen molar-refractivity contribution in [1.82, 2.24) is 5.48 Å². The molecule has 1 aromatic carbocycles. The van der Waals surface area contributed by atoms with Crippen molar-refractivity contribution in [2.75, 3.05) is 13.7 Å². The molecule has 0 unspecified atom stereocenters. The van der Waals surface area contributed by atoms with Gasteiger partial charge in [-0.3, -0.25) is 0 Å². The second-order valence-electron chi connectivity index (χ2n) is 5.64. The molecular formula is C15H21NO6. The zero-order valence-corrected chi connectivity index (χ0v) is 13.1. The molecule has 22 heavy (non-hydrogen) atoms. The van der Waals surface area contributed by atoms with Gasteiger partial charge >= 0.3 is 12.1 Å². The monoisotopic (exact) mass is 311 g/mol. The SMILES string of the molecule is COC[C@](ONC(=O)OC(C)(C)C)(C(=O)O)c1ccccc1. The Balaban J connectivity index is 2.97. The molecule has 0 bridgehead atoms. The van der Waals surface area contributed by atoms with Crippen molar-refractivity contribution in [3.63, 3.8) is 0 Å². The molecule has 1 rings (SSSR count). The van der Waals surface area contributed by atoms with Crippen LogP contribution in [-0.2, 0) is 24.7 Å². The summed E-state index contributed by atoms with van der Waals surface area (Å²) in [6.07, 6.45) is -0.884. The third kappa shape index (κ3) is 4.71. The van der Waals surface area contributed by atoms with Crippen LogP contribution in [0.3, 0.4) is 0 Å². The van der Waals surface area contributed by atoms with Crippen LogP contribution in [0.5, 0.6) is 0 Å². The number of hydrogen-bond donors (Lipinski definition) is 2. The van der Waals surface area contributed by atoms with Crippen molar-refractivity contribution in [1.29, 1.82) is 0 Å². The number of hydroxylamine groups is 1. The standard InChI is InChI=1S/C15H21NO6/c1-14(2,3)21-13(19)16-22-15(10-20-4,12(17)18)11-8-6-5-7-9-11/h5-9H,10H2,1-4H3,(H,16,19)(H,17,18)/t15-/m1/s1. The third-order valence-electron chi connectivity index (χ3n) is 2.64. The lowest BCUT2D eigenvalue weighted by atomic mass is 9.95. The predicted molar refractivity (Wildman–Crippen MR) is 78.1 cm³/mol. The number of amides is 1. The van der Waals surface area contributed by atoms with E-state index in [9.17, 15) is 14.7 Å². The highest BCUT2D eigenvalue weighted by Gasteiger charge is 2.44. The van der Waals surface area contributed by atoms with Crippen molar-refractivity contribution in [3.8, 4) is 0 Å². The number of carbonyl (C=O) groups is 2. The molecule has 0 radical (unpaired) electrons. The summed E-state index contributed by atoms with van der Waals surface area (Å²) in [6, 6.07) is 8.22. The number of ether oxygens (including phenoxy) is 2. The zero-order chi connectivity index (χ0) is 16.8. The van der Waals surface area contributed by atoms with E-state index in [1.807, 2.05) is 5.48 Å². The fourth-order valence-electron chi connectivity index (χ4n) is 1.74. The molecule has 1 amide bonds. The van der Waals surface area contributed by atoms with E-state index in [1.54, 1.807) is 51.1 Å². The summed E-state index contributed by atoms with van der Waals surface area (Å²) in [7, 11) is 1.34. The molecule has 122 valence electrons. The molecule has 7 nitrogen and oxygen atoms in total. The maximum Gasteiger partial charge on any atom is 0.431 e. The molecule has 0 aromatic heterocycles. The minimum atomic E-state index is -1.87. The average Bonchev–Trinajstić information content (AvgIpc) is 2.42. The van der Waals surface area contributed by atoms with Gasteiger partial charge < -0.3 is 14.6 Å². The molecule has 0 aliphatic carbocycles. The first kappa shape index (κ1) is 17.9. The Labute approximate surface area is 129 Å². The van der Waals surface area contributed by atoms with E-state index in [2.05, 4.69) is 0 Å². The Kier molecular flexibility index (Phi) is 5.90. The normalized spacial score (nSPS) is 14.0. The van der Waals surface area contributed by atoms with Gasteiger partial charge in [0.2, 0.25) is 5.60 Å². The average molecular weight is 311 g/mol. The lowest BCUT2D eigenvalue weighted by Gasteiger charge is -2.29. The largest absolute Gasteiger partial charge is 0.479 e. The second kappa shape index (κ2) is 7.24. The lowest BCUT2D eigenvalue weighted by Crippen LogP contribution is -2.48. The Bertz CT molecular complexity index is 511. The van der Waals surface area contributed by atoms with Crippen LogP contribution in [0.2, 0.25) is 0 Å². The second-order valence-corrected chi connectivity index (χ2v) is 5.64. The molecule has 0 aliphatic rings. The van der Waals surface area contributed by atoms with Crippen LogP contribution in [0.1, 0.15) is 26.3 Å². The summed E-state index contributed by atoms with van der Waals surface area (Å²) in [6.45, 7) is 4.76. The van der Waals surface area contributed by atoms with Crippen LogP contribution in [-0.4, -0.2) is 36.5 Å². The number of hydrogen-bond acceptors (Lipinski definition) is 5. The molecule has 0 aliphatic heterocycles. The first-order valence-electron chi connectivity index (χ1n) is 6.66. The van der Waals surface area contributed by atoms with Crippen LogP contribution in [0, 0.1) is 0 Å². The fourth-order valence-corrected chi connectivity index (χ4v) is 1.74. The summed E-state index contributed by atoms with van der Waals surface area (Å²) in [5, 5.41) is 9.56. The van der Waals surface area contributed by atoms with E-state index in [4.69, 9.17) is 14.3 Å². The first-order valence-corrected chi connectivity index (χ1v) is 6.66. The van der Waals surface area contributed by atoms with Gasteiger partial charge in [-0.2, -0.15) is 5.48 Å². The minimum Gasteiger partial charge on any atom is -0.479 e. The van der Waals surface area contributed by atoms with Crippen LogP contribution in [0.4, 0.5) is 4.79 Å². The third-order valence-corrected chi connectivity index (χ3v) is 2.64. The van der Waals surface area contributed by atoms with Crippen molar-refractivity contribution >= 4 is 12.1 Å². The highest BCUT2D eigenvalue weighted by Crippen LogP contribution is 2.26. The van der Waals surface area contributed by atoms with Crippen LogP contribution >= 0.6 is 0 Å². The van der Waals surface area contributed by atoms with E-state index in [1.165, 1.54) is 7.11 Å². The number of aliphatic carboxylic acids is 1. The number of nitrogens with one attached hydrogen (secondary N) is 1. The summed E-state index contributed by atoms with van der Waals surface area (Å²) in [4.78, 5) is 28.6. The highest BCUT2D eigenvalue weighted by molar-refractivity contribution is 5.80. The molecule has 0 saturated heterocycles. The summed E-state index contributed by atoms with van der Waals surface area (Å²) in [5.41, 5.74) is -0.240. The fraction of sp³-hybridized carbons (Fsp3) is 0.467. The number of carbonyl (C=O) groups excluding carboxylic acids is 1. The van der Waals surface area contributed by atoms with Crippen molar-refractivity contribution in [2.45, 2.75) is 32.0 Å². The van der Waals surface area contributed by atoms with E-state index in [0.717, 1.165) is 0 Å². The van der Waals surface area contributed by atoms with Gasteiger partial charge in [0.05, 0.1) is 6.61 Å². The molecule has 1 aromatic rings. The molecule has 0 fully saturated rings. The Morgan fingerprint density at radius 3 is 2.23 bits per heavy atom. The first-order chi connectivity index (χ1) is 10.2. The van der Waals surface area contributed by atoms with Gasteiger partial charge in [-0.05, 0) is 20.8 Å². The van der Waals surface area contributed by atoms with E-state index >= 15 is 0 Å². The van der Waals surface area contributed by atoms with Gasteiger partial charge in [0.1, 0.15) is 5.60 Å². The summed E-state index contributed by atoms with van der Waals surface area (Å²) >= 11 is 0. The van der Waals surface area contributed by atoms with Gasteiger partial charge in [-0.25, -0.2) is 14.4 Å². The molecular weight excluding hydrogens is 290 g/mol. The molecule has 7 heteroatoms. The van der Waals surface area contributed by atoms with Crippen molar-refractivity contribution in [2.24, 2.45) is 0 Å². The number of benzene rings is 1. The number of methoxy groups -OCH3 is 1. The van der Waals surface area contributed by atoms with E-state index in [-0.39, 0.29) is 6.61 Å². The lowest BCUT2D eigenvalue weighted by molar-refractivity contribution is -0.188. The van der Waals surface area contributed by atoms with Crippen LogP contribution < -0.4 is 5.48 Å². The van der Waals surface area contributed by atoms with Gasteiger partial charge in [0.15, 0.2) is 0 Å². The van der Waals surface area contributed by atoms with E-state index < -0.39 is 23.3 Å². The van der Waals surface area contributed by atoms with Crippen molar-refractivity contribution in [3.05, 3.63) is 35.9 Å². The van der Waals surface area contributed by atoms with Crippen LogP contribution in [0.25, 0.3) is 0 Å². The zero-order valence-electron chi connectivity index (χ0n) is 13.1. The maximum absolute atomic E-state index is 11.7. The maximum atomic E-state index is 11.7. The number of carboxylic acid groups (broad SMARTS) is 1. The van der Waals surface area contributed by atoms with Gasteiger partial charge in [-0.1, -0.05) is 30.3 Å². The Morgan fingerprint density at radius 1 is 1.18 bits per heavy atom. The van der Waals surface area contributed by atoms with Gasteiger partial charge in [-0.15, -0.1) is 0 Å². The number of carboxylic acids is 1. The molecule has 0 spiro atoms. The molecule has 0 heterocycles.